The molecule has 0 amide bonds. The highest BCUT2D eigenvalue weighted by molar-refractivity contribution is 7.92. The van der Waals surface area contributed by atoms with Gasteiger partial charge >= 0.3 is 0 Å². The van der Waals surface area contributed by atoms with Gasteiger partial charge in [0.15, 0.2) is 5.03 Å². The number of rotatable bonds is 4. The molecule has 0 fully saturated rings. The maximum absolute atomic E-state index is 12.3. The molecule has 0 radical (unpaired) electrons. The van der Waals surface area contributed by atoms with Crippen molar-refractivity contribution in [3.63, 3.8) is 0 Å². The van der Waals surface area contributed by atoms with E-state index in [0.717, 1.165) is 5.56 Å². The summed E-state index contributed by atoms with van der Waals surface area (Å²) in [6, 6.07) is 6.31. The molecule has 0 atom stereocenters. The number of nitrogens with two attached hydrogens (primary N) is 1. The maximum atomic E-state index is 12.3. The molecule has 20 heavy (non-hydrogen) atoms. The van der Waals surface area contributed by atoms with E-state index in [1.54, 1.807) is 26.1 Å². The molecule has 2 aromatic rings. The van der Waals surface area contributed by atoms with Crippen LogP contribution in [0.15, 0.2) is 35.5 Å². The van der Waals surface area contributed by atoms with Crippen LogP contribution in [-0.4, -0.2) is 24.0 Å². The number of anilines is 1. The van der Waals surface area contributed by atoms with E-state index in [4.69, 9.17) is 11.1 Å². The van der Waals surface area contributed by atoms with Crippen molar-refractivity contribution >= 4 is 21.5 Å². The first-order chi connectivity index (χ1) is 9.31. The highest BCUT2D eigenvalue weighted by atomic mass is 32.2. The molecule has 2 rings (SSSR count). The van der Waals surface area contributed by atoms with Gasteiger partial charge in [-0.2, -0.15) is 13.5 Å². The Morgan fingerprint density at radius 1 is 1.40 bits per heavy atom. The second kappa shape index (κ2) is 4.97. The first-order valence-corrected chi connectivity index (χ1v) is 7.25. The van der Waals surface area contributed by atoms with Crippen molar-refractivity contribution in [2.24, 2.45) is 12.8 Å². The summed E-state index contributed by atoms with van der Waals surface area (Å²) in [5, 5.41) is 11.3. The molecule has 1 aromatic heterocycles. The fourth-order valence-corrected chi connectivity index (χ4v) is 2.97. The monoisotopic (exact) mass is 293 g/mol. The number of nitrogen functional groups attached to an aromatic ring is 1. The summed E-state index contributed by atoms with van der Waals surface area (Å²) in [5.74, 6) is -0.119. The predicted octanol–water partition coefficient (Wildman–Crippen LogP) is 0.813. The summed E-state index contributed by atoms with van der Waals surface area (Å²) in [6.45, 7) is 1.77. The maximum Gasteiger partial charge on any atom is 0.279 e. The summed E-state index contributed by atoms with van der Waals surface area (Å²) >= 11 is 0. The number of aromatic nitrogens is 2. The zero-order valence-corrected chi connectivity index (χ0v) is 11.9. The Labute approximate surface area is 117 Å². The van der Waals surface area contributed by atoms with Crippen LogP contribution in [0.25, 0.3) is 0 Å². The molecule has 1 heterocycles. The van der Waals surface area contributed by atoms with Crippen LogP contribution in [-0.2, 0) is 17.1 Å². The summed E-state index contributed by atoms with van der Waals surface area (Å²) in [4.78, 5) is 0. The van der Waals surface area contributed by atoms with E-state index in [1.807, 2.05) is 0 Å². The second-order valence-corrected chi connectivity index (χ2v) is 5.97. The molecule has 4 N–H and O–H groups in total. The zero-order valence-electron chi connectivity index (χ0n) is 11.1. The molecule has 0 saturated carbocycles. The Kier molecular flexibility index (Phi) is 3.49. The lowest BCUT2D eigenvalue weighted by Gasteiger charge is -2.12. The third-order valence-corrected chi connectivity index (χ3v) is 4.28. The molecule has 0 spiro atoms. The van der Waals surface area contributed by atoms with Gasteiger partial charge in [-0.1, -0.05) is 12.1 Å². The quantitative estimate of drug-likeness (QED) is 0.571. The third-order valence-electron chi connectivity index (χ3n) is 2.84. The first kappa shape index (κ1) is 14.1. The molecular formula is C12H15N5O2S. The highest BCUT2D eigenvalue weighted by Gasteiger charge is 2.19. The molecular weight excluding hydrogens is 278 g/mol. The molecule has 0 aliphatic carbocycles. The summed E-state index contributed by atoms with van der Waals surface area (Å²) in [5.41, 5.74) is 6.99. The van der Waals surface area contributed by atoms with Crippen LogP contribution >= 0.6 is 0 Å². The molecule has 0 bridgehead atoms. The van der Waals surface area contributed by atoms with E-state index < -0.39 is 10.0 Å². The lowest BCUT2D eigenvalue weighted by molar-refractivity contribution is 0.582. The van der Waals surface area contributed by atoms with Crippen molar-refractivity contribution in [1.82, 2.24) is 9.78 Å². The largest absolute Gasteiger partial charge is 0.384 e. The van der Waals surface area contributed by atoms with Crippen LogP contribution in [0.2, 0.25) is 0 Å². The minimum atomic E-state index is -3.73. The fourth-order valence-electron chi connectivity index (χ4n) is 1.72. The van der Waals surface area contributed by atoms with Crippen LogP contribution < -0.4 is 10.5 Å². The molecule has 0 aliphatic heterocycles. The minimum Gasteiger partial charge on any atom is -0.384 e. The van der Waals surface area contributed by atoms with Gasteiger partial charge in [0.05, 0.1) is 11.9 Å². The van der Waals surface area contributed by atoms with Gasteiger partial charge in [-0.3, -0.25) is 14.8 Å². The third kappa shape index (κ3) is 2.64. The number of aryl methyl sites for hydroxylation is 2. The van der Waals surface area contributed by atoms with Crippen LogP contribution in [0.1, 0.15) is 11.1 Å². The van der Waals surface area contributed by atoms with E-state index in [9.17, 15) is 8.42 Å². The van der Waals surface area contributed by atoms with Gasteiger partial charge in [-0.25, -0.2) is 0 Å². The molecule has 8 heteroatoms. The van der Waals surface area contributed by atoms with Crippen LogP contribution in [0.3, 0.4) is 0 Å². The van der Waals surface area contributed by atoms with Crippen molar-refractivity contribution in [3.05, 3.63) is 41.6 Å². The first-order valence-electron chi connectivity index (χ1n) is 5.77. The number of hydrogen-bond acceptors (Lipinski definition) is 4. The molecule has 0 aliphatic rings. The van der Waals surface area contributed by atoms with Gasteiger partial charge in [0.25, 0.3) is 10.0 Å². The fraction of sp³-hybridized carbons (Fsp3) is 0.167. The number of sulfonamides is 1. The van der Waals surface area contributed by atoms with E-state index >= 15 is 0 Å². The molecule has 1 aromatic carbocycles. The number of hydrogen-bond donors (Lipinski definition) is 3. The second-order valence-electron chi connectivity index (χ2n) is 4.34. The number of nitrogens with zero attached hydrogens (tertiary/aromatic N) is 2. The lowest BCUT2D eigenvalue weighted by atomic mass is 10.1. The Morgan fingerprint density at radius 2 is 2.10 bits per heavy atom. The predicted molar refractivity (Wildman–Crippen MR) is 76.2 cm³/mol. The standard InChI is InChI=1S/C12H15N5O2S/c1-8-3-4-9(12(13)14)7-10(8)16-20(18,19)11-5-6-15-17(11)2/h3-7,16H,1-2H3,(H3,13,14). The van der Waals surface area contributed by atoms with Gasteiger partial charge in [0.2, 0.25) is 0 Å². The smallest absolute Gasteiger partial charge is 0.279 e. The number of nitrogens with one attached hydrogen (secondary N) is 2. The Bertz CT molecular complexity index is 764. The average Bonchev–Trinajstić information content (AvgIpc) is 2.78. The topological polar surface area (TPSA) is 114 Å². The Morgan fingerprint density at radius 3 is 2.65 bits per heavy atom. The van der Waals surface area contributed by atoms with Crippen LogP contribution in [0.4, 0.5) is 5.69 Å². The van der Waals surface area contributed by atoms with E-state index in [1.165, 1.54) is 23.0 Å². The van der Waals surface area contributed by atoms with Crippen LogP contribution in [0, 0.1) is 12.3 Å². The minimum absolute atomic E-state index is 0.0603. The zero-order chi connectivity index (χ0) is 14.9. The van der Waals surface area contributed by atoms with Gasteiger partial charge in [0.1, 0.15) is 5.84 Å². The van der Waals surface area contributed by atoms with E-state index in [2.05, 4.69) is 9.82 Å². The highest BCUT2D eigenvalue weighted by Crippen LogP contribution is 2.20. The number of benzene rings is 1. The molecule has 0 saturated heterocycles. The van der Waals surface area contributed by atoms with Crippen molar-refractivity contribution < 1.29 is 8.42 Å². The summed E-state index contributed by atoms with van der Waals surface area (Å²) in [6.07, 6.45) is 1.41. The van der Waals surface area contributed by atoms with Gasteiger partial charge < -0.3 is 5.73 Å². The Hall–Kier alpha value is -2.35. The van der Waals surface area contributed by atoms with Crippen LogP contribution in [0.5, 0.6) is 0 Å². The van der Waals surface area contributed by atoms with Crippen molar-refractivity contribution in [2.45, 2.75) is 11.9 Å². The summed E-state index contributed by atoms with van der Waals surface area (Å²) < 4.78 is 28.3. The van der Waals surface area contributed by atoms with Crippen molar-refractivity contribution in [3.8, 4) is 0 Å². The van der Waals surface area contributed by atoms with Crippen molar-refractivity contribution in [2.75, 3.05) is 4.72 Å². The Balaban J connectivity index is 2.42. The molecule has 7 nitrogen and oxygen atoms in total. The van der Waals surface area contributed by atoms with Gasteiger partial charge in [0, 0.05) is 12.6 Å². The SMILES string of the molecule is Cc1ccc(C(=N)N)cc1NS(=O)(=O)c1ccnn1C. The van der Waals surface area contributed by atoms with Gasteiger partial charge in [-0.15, -0.1) is 0 Å². The number of amidine groups is 1. The lowest BCUT2D eigenvalue weighted by Crippen LogP contribution is -2.18. The average molecular weight is 293 g/mol. The molecule has 0 unspecified atom stereocenters. The summed E-state index contributed by atoms with van der Waals surface area (Å²) in [7, 11) is -2.18. The normalized spacial score (nSPS) is 11.3. The van der Waals surface area contributed by atoms with Crippen molar-refractivity contribution in [1.29, 1.82) is 5.41 Å². The van der Waals surface area contributed by atoms with E-state index in [0.29, 0.717) is 11.3 Å². The van der Waals surface area contributed by atoms with Gasteiger partial charge in [-0.05, 0) is 24.6 Å². The molecule has 106 valence electrons. The van der Waals surface area contributed by atoms with E-state index in [-0.39, 0.29) is 10.9 Å².